The smallest absolute Gasteiger partial charge is 0.262 e. The van der Waals surface area contributed by atoms with Crippen molar-refractivity contribution in [2.75, 3.05) is 19.5 Å². The Bertz CT molecular complexity index is 1370. The largest absolute Gasteiger partial charge is 0.495 e. The molecule has 0 radical (unpaired) electrons. The summed E-state index contributed by atoms with van der Waals surface area (Å²) >= 11 is 7.63. The number of rotatable bonds is 6. The van der Waals surface area contributed by atoms with E-state index in [1.165, 1.54) is 42.5 Å². The Hall–Kier alpha value is -3.36. The molecule has 7 nitrogen and oxygen atoms in total. The van der Waals surface area contributed by atoms with Gasteiger partial charge in [-0.2, -0.15) is 0 Å². The highest BCUT2D eigenvalue weighted by Crippen LogP contribution is 2.36. The number of carbonyl (C=O) groups excluding carboxylic acids is 1. The molecule has 0 atom stereocenters. The first-order valence-corrected chi connectivity index (χ1v) is 10.9. The highest BCUT2D eigenvalue weighted by molar-refractivity contribution is 7.22. The molecule has 164 valence electrons. The molecule has 4 aromatic rings. The Morgan fingerprint density at radius 3 is 2.56 bits per heavy atom. The summed E-state index contributed by atoms with van der Waals surface area (Å²) in [4.78, 5) is 31.9. The molecule has 0 fully saturated rings. The summed E-state index contributed by atoms with van der Waals surface area (Å²) in [6.07, 6.45) is 1.40. The van der Waals surface area contributed by atoms with E-state index in [0.717, 1.165) is 16.0 Å². The number of nitrogens with zero attached hydrogens (tertiary/aromatic N) is 2. The molecular formula is C23H20ClN3O4S. The number of halogens is 1. The molecule has 0 saturated heterocycles. The maximum absolute atomic E-state index is 13.1. The number of methoxy groups -OCH3 is 2. The SMILES string of the molecule is COc1cc(OC)c(NC(=O)Cn2cnc3sc(-c4ccccc4)c(C)c3c2=O)cc1Cl. The predicted octanol–water partition coefficient (Wildman–Crippen LogP) is 4.74. The molecule has 1 N–H and O–H groups in total. The van der Waals surface area contributed by atoms with E-state index in [1.54, 1.807) is 6.07 Å². The molecule has 2 aromatic carbocycles. The zero-order valence-corrected chi connectivity index (χ0v) is 19.2. The molecule has 0 aliphatic rings. The lowest BCUT2D eigenvalue weighted by Gasteiger charge is -2.13. The first-order valence-electron chi connectivity index (χ1n) is 9.68. The monoisotopic (exact) mass is 469 g/mol. The highest BCUT2D eigenvalue weighted by atomic mass is 35.5. The number of thiophene rings is 1. The maximum Gasteiger partial charge on any atom is 0.262 e. The first kappa shape index (κ1) is 21.9. The molecule has 0 bridgehead atoms. The quantitative estimate of drug-likeness (QED) is 0.441. The number of benzene rings is 2. The molecule has 0 aliphatic heterocycles. The Morgan fingerprint density at radius 2 is 1.88 bits per heavy atom. The molecule has 0 unspecified atom stereocenters. The van der Waals surface area contributed by atoms with E-state index in [0.29, 0.717) is 32.4 Å². The molecule has 32 heavy (non-hydrogen) atoms. The Labute approximate surface area is 193 Å². The number of hydrogen-bond donors (Lipinski definition) is 1. The van der Waals surface area contributed by atoms with Crippen molar-refractivity contribution in [3.05, 3.63) is 69.7 Å². The third-order valence-corrected chi connectivity index (χ3v) is 6.56. The van der Waals surface area contributed by atoms with Gasteiger partial charge in [-0.1, -0.05) is 41.9 Å². The van der Waals surface area contributed by atoms with E-state index in [9.17, 15) is 9.59 Å². The van der Waals surface area contributed by atoms with Gasteiger partial charge in [0.2, 0.25) is 5.91 Å². The van der Waals surface area contributed by atoms with Gasteiger partial charge in [-0.15, -0.1) is 11.3 Å². The molecule has 2 aromatic heterocycles. The number of fused-ring (bicyclic) bond motifs is 1. The van der Waals surface area contributed by atoms with Crippen molar-refractivity contribution in [2.45, 2.75) is 13.5 Å². The van der Waals surface area contributed by atoms with Gasteiger partial charge in [-0.25, -0.2) is 4.98 Å². The average Bonchev–Trinajstić information content (AvgIpc) is 3.13. The summed E-state index contributed by atoms with van der Waals surface area (Å²) in [5.41, 5.74) is 2.00. The number of aromatic nitrogens is 2. The maximum atomic E-state index is 13.1. The lowest BCUT2D eigenvalue weighted by Crippen LogP contribution is -2.28. The number of carbonyl (C=O) groups is 1. The van der Waals surface area contributed by atoms with Crippen LogP contribution in [0.3, 0.4) is 0 Å². The van der Waals surface area contributed by atoms with E-state index in [-0.39, 0.29) is 12.1 Å². The lowest BCUT2D eigenvalue weighted by molar-refractivity contribution is -0.116. The molecule has 0 spiro atoms. The van der Waals surface area contributed by atoms with Crippen LogP contribution in [0.1, 0.15) is 5.56 Å². The Balaban J connectivity index is 1.63. The van der Waals surface area contributed by atoms with Crippen molar-refractivity contribution in [3.8, 4) is 21.9 Å². The van der Waals surface area contributed by atoms with Crippen LogP contribution in [0.2, 0.25) is 5.02 Å². The third kappa shape index (κ3) is 4.06. The minimum absolute atomic E-state index is 0.204. The molecule has 2 heterocycles. The number of nitrogens with one attached hydrogen (secondary N) is 1. The van der Waals surface area contributed by atoms with Crippen LogP contribution in [0.25, 0.3) is 20.7 Å². The van der Waals surface area contributed by atoms with Gasteiger partial charge in [0.05, 0.1) is 36.6 Å². The minimum atomic E-state index is -0.413. The van der Waals surface area contributed by atoms with Crippen LogP contribution in [-0.4, -0.2) is 29.7 Å². The van der Waals surface area contributed by atoms with Crippen LogP contribution in [0.5, 0.6) is 11.5 Å². The molecule has 4 rings (SSSR count). The number of ether oxygens (including phenoxy) is 2. The summed E-state index contributed by atoms with van der Waals surface area (Å²) in [5, 5.41) is 3.58. The van der Waals surface area contributed by atoms with Gasteiger partial charge in [0.15, 0.2) is 0 Å². The molecule has 0 saturated carbocycles. The second-order valence-electron chi connectivity index (χ2n) is 7.02. The average molecular weight is 470 g/mol. The van der Waals surface area contributed by atoms with Crippen molar-refractivity contribution < 1.29 is 14.3 Å². The van der Waals surface area contributed by atoms with E-state index in [4.69, 9.17) is 21.1 Å². The second kappa shape index (κ2) is 9.02. The molecule has 0 aliphatic carbocycles. The normalized spacial score (nSPS) is 10.9. The van der Waals surface area contributed by atoms with Gasteiger partial charge in [0.25, 0.3) is 5.56 Å². The van der Waals surface area contributed by atoms with Crippen molar-refractivity contribution in [3.63, 3.8) is 0 Å². The van der Waals surface area contributed by atoms with E-state index in [1.807, 2.05) is 37.3 Å². The van der Waals surface area contributed by atoms with Crippen LogP contribution < -0.4 is 20.3 Å². The van der Waals surface area contributed by atoms with E-state index < -0.39 is 5.91 Å². The summed E-state index contributed by atoms with van der Waals surface area (Å²) in [6.45, 7) is 1.70. The zero-order valence-electron chi connectivity index (χ0n) is 17.6. The Morgan fingerprint density at radius 1 is 1.16 bits per heavy atom. The second-order valence-corrected chi connectivity index (χ2v) is 8.42. The van der Waals surface area contributed by atoms with Crippen LogP contribution in [0.4, 0.5) is 5.69 Å². The van der Waals surface area contributed by atoms with Crippen LogP contribution in [-0.2, 0) is 11.3 Å². The fourth-order valence-electron chi connectivity index (χ4n) is 3.44. The van der Waals surface area contributed by atoms with Gasteiger partial charge in [-0.3, -0.25) is 14.2 Å². The highest BCUT2D eigenvalue weighted by Gasteiger charge is 2.18. The molecular weight excluding hydrogens is 450 g/mol. The lowest BCUT2D eigenvalue weighted by atomic mass is 10.1. The van der Waals surface area contributed by atoms with Crippen molar-refractivity contribution in [1.82, 2.24) is 9.55 Å². The van der Waals surface area contributed by atoms with Crippen molar-refractivity contribution in [2.24, 2.45) is 0 Å². The topological polar surface area (TPSA) is 82.4 Å². The minimum Gasteiger partial charge on any atom is -0.495 e. The number of aryl methyl sites for hydroxylation is 1. The van der Waals surface area contributed by atoms with Gasteiger partial charge in [0, 0.05) is 10.9 Å². The van der Waals surface area contributed by atoms with Gasteiger partial charge in [0.1, 0.15) is 22.9 Å². The molecule has 9 heteroatoms. The van der Waals surface area contributed by atoms with Crippen molar-refractivity contribution >= 4 is 44.7 Å². The van der Waals surface area contributed by atoms with Gasteiger partial charge in [-0.05, 0) is 24.1 Å². The summed E-state index contributed by atoms with van der Waals surface area (Å²) < 4.78 is 11.8. The zero-order chi connectivity index (χ0) is 22.8. The van der Waals surface area contributed by atoms with Crippen LogP contribution in [0.15, 0.2) is 53.6 Å². The predicted molar refractivity (Wildman–Crippen MR) is 127 cm³/mol. The van der Waals surface area contributed by atoms with Gasteiger partial charge < -0.3 is 14.8 Å². The number of anilines is 1. The summed E-state index contributed by atoms with van der Waals surface area (Å²) in [7, 11) is 2.97. The van der Waals surface area contributed by atoms with Gasteiger partial charge >= 0.3 is 0 Å². The summed E-state index contributed by atoms with van der Waals surface area (Å²) in [6, 6.07) is 13.0. The molecule has 1 amide bonds. The van der Waals surface area contributed by atoms with Crippen LogP contribution >= 0.6 is 22.9 Å². The van der Waals surface area contributed by atoms with E-state index in [2.05, 4.69) is 10.3 Å². The van der Waals surface area contributed by atoms with Crippen LogP contribution in [0, 0.1) is 6.92 Å². The first-order chi connectivity index (χ1) is 15.4. The third-order valence-electron chi connectivity index (χ3n) is 5.02. The number of amides is 1. The van der Waals surface area contributed by atoms with E-state index >= 15 is 0 Å². The van der Waals surface area contributed by atoms with Crippen molar-refractivity contribution in [1.29, 1.82) is 0 Å². The fraction of sp³-hybridized carbons (Fsp3) is 0.174. The standard InChI is InChI=1S/C23H20ClN3O4S/c1-13-20-22(32-21(13)14-7-5-4-6-8-14)25-12-27(23(20)29)11-19(28)26-16-9-15(24)17(30-2)10-18(16)31-3/h4-10,12H,11H2,1-3H3,(H,26,28). The summed E-state index contributed by atoms with van der Waals surface area (Å²) in [5.74, 6) is 0.403. The Kier molecular flexibility index (Phi) is 6.16. The number of hydrogen-bond acceptors (Lipinski definition) is 6. The fourth-order valence-corrected chi connectivity index (χ4v) is 4.82.